The van der Waals surface area contributed by atoms with Gasteiger partial charge >= 0.3 is 0 Å². The Hall–Kier alpha value is -1.56. The van der Waals surface area contributed by atoms with E-state index in [2.05, 4.69) is 20.6 Å². The highest BCUT2D eigenvalue weighted by Crippen LogP contribution is 2.40. The van der Waals surface area contributed by atoms with Crippen LogP contribution in [0.25, 0.3) is 0 Å². The van der Waals surface area contributed by atoms with E-state index in [1.807, 2.05) is 26.0 Å². The molecule has 0 radical (unpaired) electrons. The van der Waals surface area contributed by atoms with Crippen molar-refractivity contribution >= 4 is 40.7 Å². The summed E-state index contributed by atoms with van der Waals surface area (Å²) < 4.78 is 0. The van der Waals surface area contributed by atoms with Crippen LogP contribution >= 0.6 is 23.2 Å². The van der Waals surface area contributed by atoms with Gasteiger partial charge in [0, 0.05) is 17.7 Å². The Morgan fingerprint density at radius 3 is 2.52 bits per heavy atom. The first-order valence-electron chi connectivity index (χ1n) is 8.44. The van der Waals surface area contributed by atoms with Gasteiger partial charge in [-0.15, -0.1) is 0 Å². The Kier molecular flexibility index (Phi) is 5.67. The van der Waals surface area contributed by atoms with Crippen LogP contribution < -0.4 is 10.6 Å². The van der Waals surface area contributed by atoms with Crippen LogP contribution in [0.4, 0.5) is 17.5 Å². The van der Waals surface area contributed by atoms with Crippen molar-refractivity contribution in [1.29, 1.82) is 0 Å². The van der Waals surface area contributed by atoms with E-state index in [0.717, 1.165) is 24.2 Å². The smallest absolute Gasteiger partial charge is 0.225 e. The van der Waals surface area contributed by atoms with E-state index < -0.39 is 0 Å². The summed E-state index contributed by atoms with van der Waals surface area (Å²) >= 11 is 12.0. The number of rotatable bonds is 7. The maximum Gasteiger partial charge on any atom is 0.225 e. The number of anilines is 3. The molecule has 3 rings (SSSR count). The molecule has 1 heterocycles. The number of aromatic nitrogens is 2. The largest absolute Gasteiger partial charge is 0.394 e. The minimum atomic E-state index is -0.0905. The van der Waals surface area contributed by atoms with E-state index in [-0.39, 0.29) is 18.6 Å². The summed E-state index contributed by atoms with van der Waals surface area (Å²) in [6.45, 7) is 4.13. The number of aliphatic hydroxyl groups is 1. The lowest BCUT2D eigenvalue weighted by Gasteiger charge is -2.20. The first-order valence-corrected chi connectivity index (χ1v) is 9.20. The Morgan fingerprint density at radius 1 is 1.16 bits per heavy atom. The molecule has 0 spiro atoms. The Bertz CT molecular complexity index is 750. The summed E-state index contributed by atoms with van der Waals surface area (Å²) in [5.74, 6) is 1.98. The Morgan fingerprint density at radius 2 is 1.92 bits per heavy atom. The van der Waals surface area contributed by atoms with Crippen LogP contribution in [0, 0.1) is 5.92 Å². The predicted octanol–water partition coefficient (Wildman–Crippen LogP) is 4.83. The molecule has 0 aliphatic heterocycles. The third kappa shape index (κ3) is 4.75. The quantitative estimate of drug-likeness (QED) is 0.641. The van der Waals surface area contributed by atoms with E-state index >= 15 is 0 Å². The van der Waals surface area contributed by atoms with Crippen LogP contribution in [0.1, 0.15) is 38.3 Å². The van der Waals surface area contributed by atoms with Crippen LogP contribution in [0.2, 0.25) is 10.0 Å². The zero-order chi connectivity index (χ0) is 18.0. The topological polar surface area (TPSA) is 70.1 Å². The van der Waals surface area contributed by atoms with Crippen molar-refractivity contribution in [3.63, 3.8) is 0 Å². The number of nitrogens with zero attached hydrogens (tertiary/aromatic N) is 2. The summed E-state index contributed by atoms with van der Waals surface area (Å²) in [6, 6.07) is 7.24. The van der Waals surface area contributed by atoms with E-state index in [4.69, 9.17) is 23.2 Å². The average molecular weight is 381 g/mol. The Labute approximate surface area is 157 Å². The Balaban J connectivity index is 1.86. The standard InChI is InChI=1S/C18H22Cl2N4O/c1-10(2)16(9-25)23-18-22-15(11-3-4-11)8-17(24-18)21-12-5-6-13(19)14(20)7-12/h5-8,10-11,16,25H,3-4,9H2,1-2H3,(H2,21,22,23,24)/t16-/m1/s1. The third-order valence-corrected chi connectivity index (χ3v) is 4.99. The second-order valence-electron chi connectivity index (χ2n) is 6.71. The molecule has 0 unspecified atom stereocenters. The molecule has 3 N–H and O–H groups in total. The minimum Gasteiger partial charge on any atom is -0.394 e. The number of hydrogen-bond acceptors (Lipinski definition) is 5. The molecular weight excluding hydrogens is 359 g/mol. The van der Waals surface area contributed by atoms with Gasteiger partial charge in [0.25, 0.3) is 0 Å². The van der Waals surface area contributed by atoms with Gasteiger partial charge in [-0.25, -0.2) is 4.98 Å². The molecule has 1 atom stereocenters. The summed E-state index contributed by atoms with van der Waals surface area (Å²) in [5, 5.41) is 17.0. The van der Waals surface area contributed by atoms with Gasteiger partial charge in [-0.2, -0.15) is 4.98 Å². The predicted molar refractivity (Wildman–Crippen MR) is 103 cm³/mol. The van der Waals surface area contributed by atoms with Crippen molar-refractivity contribution in [2.24, 2.45) is 5.92 Å². The molecule has 1 saturated carbocycles. The number of hydrogen-bond donors (Lipinski definition) is 3. The molecule has 1 aliphatic carbocycles. The highest BCUT2D eigenvalue weighted by molar-refractivity contribution is 6.42. The second kappa shape index (κ2) is 7.77. The van der Waals surface area contributed by atoms with Gasteiger partial charge in [-0.05, 0) is 37.0 Å². The van der Waals surface area contributed by atoms with Crippen molar-refractivity contribution < 1.29 is 5.11 Å². The molecule has 134 valence electrons. The number of aliphatic hydroxyl groups excluding tert-OH is 1. The number of halogens is 2. The number of nitrogens with one attached hydrogen (secondary N) is 2. The van der Waals surface area contributed by atoms with Gasteiger partial charge in [-0.3, -0.25) is 0 Å². The highest BCUT2D eigenvalue weighted by atomic mass is 35.5. The van der Waals surface area contributed by atoms with Crippen molar-refractivity contribution in [1.82, 2.24) is 9.97 Å². The summed E-state index contributed by atoms with van der Waals surface area (Å²) in [4.78, 5) is 9.16. The van der Waals surface area contributed by atoms with E-state index in [1.165, 1.54) is 0 Å². The molecule has 1 fully saturated rings. The van der Waals surface area contributed by atoms with Crippen LogP contribution in [0.15, 0.2) is 24.3 Å². The van der Waals surface area contributed by atoms with Gasteiger partial charge in [0.1, 0.15) is 5.82 Å². The van der Waals surface area contributed by atoms with Gasteiger partial charge in [-0.1, -0.05) is 37.0 Å². The summed E-state index contributed by atoms with van der Waals surface area (Å²) in [6.07, 6.45) is 2.30. The second-order valence-corrected chi connectivity index (χ2v) is 7.52. The van der Waals surface area contributed by atoms with Gasteiger partial charge in [0.05, 0.1) is 28.4 Å². The molecule has 7 heteroatoms. The van der Waals surface area contributed by atoms with Crippen molar-refractivity contribution in [2.75, 3.05) is 17.2 Å². The van der Waals surface area contributed by atoms with E-state index in [9.17, 15) is 5.11 Å². The molecular formula is C18H22Cl2N4O. The van der Waals surface area contributed by atoms with Crippen LogP contribution in [-0.4, -0.2) is 27.7 Å². The van der Waals surface area contributed by atoms with Crippen LogP contribution in [0.5, 0.6) is 0 Å². The van der Waals surface area contributed by atoms with Gasteiger partial charge in [0.15, 0.2) is 0 Å². The fourth-order valence-corrected chi connectivity index (χ4v) is 2.79. The molecule has 2 aromatic rings. The lowest BCUT2D eigenvalue weighted by molar-refractivity contribution is 0.248. The van der Waals surface area contributed by atoms with Crippen molar-refractivity contribution in [2.45, 2.75) is 38.6 Å². The molecule has 1 aliphatic rings. The molecule has 25 heavy (non-hydrogen) atoms. The first kappa shape index (κ1) is 18.2. The van der Waals surface area contributed by atoms with E-state index in [1.54, 1.807) is 12.1 Å². The van der Waals surface area contributed by atoms with E-state index in [0.29, 0.717) is 27.7 Å². The molecule has 0 bridgehead atoms. The van der Waals surface area contributed by atoms with Crippen molar-refractivity contribution in [3.05, 3.63) is 40.0 Å². The van der Waals surface area contributed by atoms with Crippen LogP contribution in [-0.2, 0) is 0 Å². The van der Waals surface area contributed by atoms with Crippen molar-refractivity contribution in [3.8, 4) is 0 Å². The zero-order valence-corrected chi connectivity index (χ0v) is 15.8. The molecule has 5 nitrogen and oxygen atoms in total. The first-order chi connectivity index (χ1) is 12.0. The fraction of sp³-hybridized carbons (Fsp3) is 0.444. The average Bonchev–Trinajstić information content (AvgIpc) is 3.40. The van der Waals surface area contributed by atoms with Crippen LogP contribution in [0.3, 0.4) is 0 Å². The maximum absolute atomic E-state index is 9.55. The monoisotopic (exact) mass is 380 g/mol. The van der Waals surface area contributed by atoms with Gasteiger partial charge in [0.2, 0.25) is 5.95 Å². The fourth-order valence-electron chi connectivity index (χ4n) is 2.49. The minimum absolute atomic E-state index is 0.0320. The zero-order valence-electron chi connectivity index (χ0n) is 14.3. The molecule has 0 saturated heterocycles. The highest BCUT2D eigenvalue weighted by Gasteiger charge is 2.26. The van der Waals surface area contributed by atoms with Gasteiger partial charge < -0.3 is 15.7 Å². The SMILES string of the molecule is CC(C)[C@@H](CO)Nc1nc(Nc2ccc(Cl)c(Cl)c2)cc(C2CC2)n1. The molecule has 0 amide bonds. The molecule has 1 aromatic heterocycles. The summed E-state index contributed by atoms with van der Waals surface area (Å²) in [5.41, 5.74) is 1.82. The number of benzene rings is 1. The summed E-state index contributed by atoms with van der Waals surface area (Å²) in [7, 11) is 0. The molecule has 1 aromatic carbocycles. The third-order valence-electron chi connectivity index (χ3n) is 4.25. The lowest BCUT2D eigenvalue weighted by Crippen LogP contribution is -2.30. The maximum atomic E-state index is 9.55. The normalized spacial score (nSPS) is 15.3. The lowest BCUT2D eigenvalue weighted by atomic mass is 10.1.